The largest absolute Gasteiger partial charge is 0.324 e. The molecule has 1 amide bonds. The maximum Gasteiger partial charge on any atom is 0.258 e. The topological polar surface area (TPSA) is 89.8 Å². The second kappa shape index (κ2) is 7.49. The first-order valence-electron chi connectivity index (χ1n) is 8.61. The molecule has 0 aliphatic rings. The number of hydrogen-bond donors (Lipinski definition) is 1. The van der Waals surface area contributed by atoms with Crippen LogP contribution >= 0.6 is 0 Å². The minimum absolute atomic E-state index is 0.298. The van der Waals surface area contributed by atoms with E-state index in [1.54, 1.807) is 45.0 Å². The normalized spacial score (nSPS) is 12.4. The second-order valence-electron chi connectivity index (χ2n) is 7.17. The first-order chi connectivity index (χ1) is 12.9. The Hall–Kier alpha value is -3.35. The van der Waals surface area contributed by atoms with Crippen molar-refractivity contribution in [1.82, 2.24) is 20.2 Å². The van der Waals surface area contributed by atoms with Crippen molar-refractivity contribution in [2.75, 3.05) is 5.32 Å². The van der Waals surface area contributed by atoms with Crippen LogP contribution in [0.3, 0.4) is 0 Å². The molecule has 1 N–H and O–H groups in total. The van der Waals surface area contributed by atoms with Crippen LogP contribution < -0.4 is 5.32 Å². The molecule has 0 bridgehead atoms. The van der Waals surface area contributed by atoms with E-state index in [0.29, 0.717) is 11.5 Å². The van der Waals surface area contributed by atoms with Gasteiger partial charge in [-0.1, -0.05) is 69.3 Å². The Kier molecular flexibility index (Phi) is 5.12. The van der Waals surface area contributed by atoms with Gasteiger partial charge in [-0.25, -0.2) is 0 Å². The molecule has 0 spiro atoms. The van der Waals surface area contributed by atoms with E-state index in [-0.39, 0.29) is 5.78 Å². The Morgan fingerprint density at radius 2 is 1.56 bits per heavy atom. The lowest BCUT2D eigenvalue weighted by atomic mass is 9.86. The number of rotatable bonds is 5. The Balaban J connectivity index is 1.94. The molecule has 1 heterocycles. The van der Waals surface area contributed by atoms with Crippen LogP contribution in [0.25, 0.3) is 11.4 Å². The summed E-state index contributed by atoms with van der Waals surface area (Å²) in [5, 5.41) is 15.0. The van der Waals surface area contributed by atoms with E-state index in [2.05, 4.69) is 20.7 Å². The standard InChI is InChI=1S/C20H21N5O2/c1-20(2,3)17(26)16(19(27)21-15-12-8-5-9-13-15)25-23-18(22-24-25)14-10-6-4-7-11-14/h4-13,16H,1-3H3,(H,21,27). The van der Waals surface area contributed by atoms with Crippen LogP contribution in [-0.2, 0) is 9.59 Å². The Morgan fingerprint density at radius 3 is 2.15 bits per heavy atom. The van der Waals surface area contributed by atoms with Crippen molar-refractivity contribution in [2.24, 2.45) is 5.41 Å². The number of amides is 1. The third-order valence-electron chi connectivity index (χ3n) is 3.97. The summed E-state index contributed by atoms with van der Waals surface area (Å²) in [4.78, 5) is 26.9. The van der Waals surface area contributed by atoms with Crippen LogP contribution in [0.4, 0.5) is 5.69 Å². The number of benzene rings is 2. The molecule has 0 saturated carbocycles. The molecule has 0 aliphatic carbocycles. The Labute approximate surface area is 157 Å². The van der Waals surface area contributed by atoms with Crippen molar-refractivity contribution in [3.63, 3.8) is 0 Å². The summed E-state index contributed by atoms with van der Waals surface area (Å²) in [6.07, 6.45) is 0. The van der Waals surface area contributed by atoms with Gasteiger partial charge in [-0.15, -0.1) is 15.0 Å². The zero-order chi connectivity index (χ0) is 19.4. The number of carbonyl (C=O) groups excluding carboxylic acids is 2. The van der Waals surface area contributed by atoms with Crippen LogP contribution in [0.1, 0.15) is 26.8 Å². The number of carbonyl (C=O) groups is 2. The molecule has 1 unspecified atom stereocenters. The van der Waals surface area contributed by atoms with Gasteiger partial charge in [-0.05, 0) is 17.3 Å². The average Bonchev–Trinajstić information content (AvgIpc) is 3.12. The van der Waals surface area contributed by atoms with Crippen LogP contribution in [0.2, 0.25) is 0 Å². The van der Waals surface area contributed by atoms with Crippen molar-refractivity contribution >= 4 is 17.4 Å². The molecule has 7 nitrogen and oxygen atoms in total. The molecular weight excluding hydrogens is 342 g/mol. The predicted octanol–water partition coefficient (Wildman–Crippen LogP) is 3.14. The number of hydrogen-bond acceptors (Lipinski definition) is 5. The maximum absolute atomic E-state index is 13.0. The fraction of sp³-hybridized carbons (Fsp3) is 0.250. The SMILES string of the molecule is CC(C)(C)C(=O)C(C(=O)Nc1ccccc1)n1nnc(-c2ccccc2)n1. The second-order valence-corrected chi connectivity index (χ2v) is 7.17. The van der Waals surface area contributed by atoms with Crippen molar-refractivity contribution < 1.29 is 9.59 Å². The fourth-order valence-corrected chi connectivity index (χ4v) is 2.51. The van der Waals surface area contributed by atoms with Gasteiger partial charge < -0.3 is 5.32 Å². The van der Waals surface area contributed by atoms with Crippen molar-refractivity contribution in [3.05, 3.63) is 60.7 Å². The van der Waals surface area contributed by atoms with Gasteiger partial charge in [0.1, 0.15) is 0 Å². The summed E-state index contributed by atoms with van der Waals surface area (Å²) in [5.41, 5.74) is 0.603. The highest BCUT2D eigenvalue weighted by atomic mass is 16.2. The summed E-state index contributed by atoms with van der Waals surface area (Å²) in [5.74, 6) is -0.444. The molecule has 0 radical (unpaired) electrons. The van der Waals surface area contributed by atoms with E-state index < -0.39 is 17.4 Å². The Morgan fingerprint density at radius 1 is 0.963 bits per heavy atom. The van der Waals surface area contributed by atoms with E-state index >= 15 is 0 Å². The van der Waals surface area contributed by atoms with Gasteiger partial charge in [0, 0.05) is 16.7 Å². The third-order valence-corrected chi connectivity index (χ3v) is 3.97. The number of para-hydroxylation sites is 1. The van der Waals surface area contributed by atoms with E-state index in [4.69, 9.17) is 0 Å². The highest BCUT2D eigenvalue weighted by Crippen LogP contribution is 2.25. The molecular formula is C20H21N5O2. The smallest absolute Gasteiger partial charge is 0.258 e. The fourth-order valence-electron chi connectivity index (χ4n) is 2.51. The van der Waals surface area contributed by atoms with E-state index in [0.717, 1.165) is 10.4 Å². The number of anilines is 1. The zero-order valence-corrected chi connectivity index (χ0v) is 15.5. The van der Waals surface area contributed by atoms with Crippen molar-refractivity contribution in [3.8, 4) is 11.4 Å². The molecule has 27 heavy (non-hydrogen) atoms. The van der Waals surface area contributed by atoms with Crippen molar-refractivity contribution in [1.29, 1.82) is 0 Å². The summed E-state index contributed by atoms with van der Waals surface area (Å²) in [6.45, 7) is 5.27. The summed E-state index contributed by atoms with van der Waals surface area (Å²) in [7, 11) is 0. The number of nitrogens with one attached hydrogen (secondary N) is 1. The number of aromatic nitrogens is 4. The predicted molar refractivity (Wildman–Crippen MR) is 102 cm³/mol. The van der Waals surface area contributed by atoms with Gasteiger partial charge in [-0.3, -0.25) is 9.59 Å². The molecule has 3 rings (SSSR count). The molecule has 0 aliphatic heterocycles. The van der Waals surface area contributed by atoms with Crippen LogP contribution in [0.5, 0.6) is 0 Å². The molecule has 7 heteroatoms. The molecule has 138 valence electrons. The minimum Gasteiger partial charge on any atom is -0.324 e. The number of nitrogens with zero attached hydrogens (tertiary/aromatic N) is 4. The third kappa shape index (κ3) is 4.25. The average molecular weight is 363 g/mol. The molecule has 1 aromatic heterocycles. The lowest BCUT2D eigenvalue weighted by Gasteiger charge is -2.23. The van der Waals surface area contributed by atoms with E-state index in [1.807, 2.05) is 36.4 Å². The number of ketones is 1. The maximum atomic E-state index is 13.0. The summed E-state index contributed by atoms with van der Waals surface area (Å²) < 4.78 is 0. The lowest BCUT2D eigenvalue weighted by Crippen LogP contribution is -2.39. The van der Waals surface area contributed by atoms with Crippen LogP contribution in [0.15, 0.2) is 60.7 Å². The highest BCUT2D eigenvalue weighted by Gasteiger charge is 2.38. The summed E-state index contributed by atoms with van der Waals surface area (Å²) >= 11 is 0. The van der Waals surface area contributed by atoms with Gasteiger partial charge in [0.05, 0.1) is 0 Å². The van der Waals surface area contributed by atoms with Crippen LogP contribution in [-0.4, -0.2) is 31.9 Å². The van der Waals surface area contributed by atoms with Gasteiger partial charge in [0.2, 0.25) is 11.9 Å². The van der Waals surface area contributed by atoms with Gasteiger partial charge in [-0.2, -0.15) is 0 Å². The van der Waals surface area contributed by atoms with Gasteiger partial charge in [0.25, 0.3) is 5.91 Å². The van der Waals surface area contributed by atoms with Gasteiger partial charge in [0.15, 0.2) is 5.78 Å². The molecule has 3 aromatic rings. The van der Waals surface area contributed by atoms with Gasteiger partial charge >= 0.3 is 0 Å². The number of Topliss-reactive ketones (excluding diaryl/α,β-unsaturated/α-hetero) is 1. The minimum atomic E-state index is -1.21. The molecule has 1 atom stereocenters. The lowest BCUT2D eigenvalue weighted by molar-refractivity contribution is -0.136. The molecule has 2 aromatic carbocycles. The van der Waals surface area contributed by atoms with Crippen LogP contribution in [0, 0.1) is 5.41 Å². The Bertz CT molecular complexity index is 930. The first-order valence-corrected chi connectivity index (χ1v) is 8.61. The molecule has 0 saturated heterocycles. The quantitative estimate of drug-likeness (QED) is 0.704. The first kappa shape index (κ1) is 18.4. The van der Waals surface area contributed by atoms with E-state index in [1.165, 1.54) is 0 Å². The zero-order valence-electron chi connectivity index (χ0n) is 15.5. The van der Waals surface area contributed by atoms with E-state index in [9.17, 15) is 9.59 Å². The monoisotopic (exact) mass is 363 g/mol. The van der Waals surface area contributed by atoms with Crippen molar-refractivity contribution in [2.45, 2.75) is 26.8 Å². The highest BCUT2D eigenvalue weighted by molar-refractivity contribution is 6.10. The number of tetrazole rings is 1. The summed E-state index contributed by atoms with van der Waals surface area (Å²) in [6, 6.07) is 17.0. The molecule has 0 fully saturated rings.